The molecule has 1 aliphatic rings. The maximum absolute atomic E-state index is 12.2. The van der Waals surface area contributed by atoms with Crippen molar-refractivity contribution in [3.8, 4) is 0 Å². The van der Waals surface area contributed by atoms with Crippen LogP contribution < -0.4 is 5.32 Å². The Morgan fingerprint density at radius 1 is 1.30 bits per heavy atom. The lowest BCUT2D eigenvalue weighted by molar-refractivity contribution is -0.142. The molecule has 0 bridgehead atoms. The molecule has 0 radical (unpaired) electrons. The third-order valence-electron chi connectivity index (χ3n) is 4.38. The smallest absolute Gasteiger partial charge is 0.317 e. The number of nitrogens with one attached hydrogen (secondary N) is 1. The van der Waals surface area contributed by atoms with Gasteiger partial charge < -0.3 is 15.3 Å². The van der Waals surface area contributed by atoms with Crippen molar-refractivity contribution in [3.63, 3.8) is 0 Å². The van der Waals surface area contributed by atoms with E-state index in [-0.39, 0.29) is 18.0 Å². The Balaban J connectivity index is 1.74. The minimum absolute atomic E-state index is 0.0845. The number of carboxylic acid groups (broad SMARTS) is 1. The lowest BCUT2D eigenvalue weighted by atomic mass is 9.86. The Morgan fingerprint density at radius 3 is 2.61 bits per heavy atom. The van der Waals surface area contributed by atoms with Crippen LogP contribution in [0.3, 0.4) is 0 Å². The number of hydrogen-bond acceptors (Lipinski definition) is 2. The molecule has 2 rings (SSSR count). The number of halogens is 1. The van der Waals surface area contributed by atoms with E-state index in [2.05, 4.69) is 27.3 Å². The van der Waals surface area contributed by atoms with Crippen LogP contribution in [0.15, 0.2) is 28.7 Å². The molecule has 1 saturated carbocycles. The number of amides is 2. The number of benzene rings is 1. The molecule has 2 N–H and O–H groups in total. The van der Waals surface area contributed by atoms with Crippen molar-refractivity contribution < 1.29 is 14.7 Å². The Hall–Kier alpha value is -1.56. The van der Waals surface area contributed by atoms with Crippen molar-refractivity contribution in [2.75, 3.05) is 13.6 Å². The van der Waals surface area contributed by atoms with Crippen molar-refractivity contribution in [1.29, 1.82) is 0 Å². The van der Waals surface area contributed by atoms with Gasteiger partial charge in [0.05, 0.1) is 5.92 Å². The van der Waals surface area contributed by atoms with Gasteiger partial charge in [0.15, 0.2) is 0 Å². The van der Waals surface area contributed by atoms with E-state index in [1.54, 1.807) is 11.9 Å². The van der Waals surface area contributed by atoms with Gasteiger partial charge in [-0.3, -0.25) is 4.79 Å². The van der Waals surface area contributed by atoms with Crippen molar-refractivity contribution in [1.82, 2.24) is 10.2 Å². The summed E-state index contributed by atoms with van der Waals surface area (Å²) in [5.41, 5.74) is 1.18. The number of carboxylic acids is 1. The summed E-state index contributed by atoms with van der Waals surface area (Å²) in [5, 5.41) is 12.0. The first kappa shape index (κ1) is 17.8. The number of hydrogen-bond donors (Lipinski definition) is 2. The second-order valence-corrected chi connectivity index (χ2v) is 7.05. The van der Waals surface area contributed by atoms with E-state index in [4.69, 9.17) is 5.11 Å². The third-order valence-corrected chi connectivity index (χ3v) is 4.87. The van der Waals surface area contributed by atoms with E-state index >= 15 is 0 Å². The average Bonchev–Trinajstić information content (AvgIpc) is 2.53. The summed E-state index contributed by atoms with van der Waals surface area (Å²) < 4.78 is 1.04. The van der Waals surface area contributed by atoms with Crippen LogP contribution in [-0.4, -0.2) is 41.6 Å². The first-order valence-electron chi connectivity index (χ1n) is 7.94. The lowest BCUT2D eigenvalue weighted by Gasteiger charge is -2.28. The van der Waals surface area contributed by atoms with Crippen LogP contribution in [0.1, 0.15) is 31.2 Å². The Morgan fingerprint density at radius 2 is 2.00 bits per heavy atom. The van der Waals surface area contributed by atoms with Crippen molar-refractivity contribution in [2.45, 2.75) is 38.1 Å². The molecule has 1 aromatic rings. The van der Waals surface area contributed by atoms with Crippen molar-refractivity contribution in [2.24, 2.45) is 5.92 Å². The maximum atomic E-state index is 12.2. The molecule has 0 unspecified atom stereocenters. The Kier molecular flexibility index (Phi) is 6.45. The molecule has 6 heteroatoms. The van der Waals surface area contributed by atoms with Gasteiger partial charge in [0.2, 0.25) is 0 Å². The molecular weight excluding hydrogens is 360 g/mol. The van der Waals surface area contributed by atoms with Crippen molar-refractivity contribution >= 4 is 27.9 Å². The topological polar surface area (TPSA) is 69.6 Å². The SMILES string of the molecule is CN(CCc1cccc(Br)c1)C(=O)NC1CCC(C(=O)O)CC1. The van der Waals surface area contributed by atoms with Crippen LogP contribution in [-0.2, 0) is 11.2 Å². The molecule has 2 amide bonds. The first-order chi connectivity index (χ1) is 11.0. The number of aliphatic carboxylic acids is 1. The molecule has 1 aromatic carbocycles. The first-order valence-corrected chi connectivity index (χ1v) is 8.74. The van der Waals surface area contributed by atoms with Crippen LogP contribution in [0.4, 0.5) is 4.79 Å². The summed E-state index contributed by atoms with van der Waals surface area (Å²) in [6.07, 6.45) is 3.56. The van der Waals surface area contributed by atoms with Crippen LogP contribution in [0.2, 0.25) is 0 Å². The normalized spacial score (nSPS) is 20.8. The second kappa shape index (κ2) is 8.34. The maximum Gasteiger partial charge on any atom is 0.317 e. The van der Waals surface area contributed by atoms with E-state index in [0.29, 0.717) is 19.4 Å². The number of nitrogens with zero attached hydrogens (tertiary/aromatic N) is 1. The van der Waals surface area contributed by atoms with E-state index in [9.17, 15) is 9.59 Å². The largest absolute Gasteiger partial charge is 0.481 e. The summed E-state index contributed by atoms with van der Waals surface area (Å²) in [6.45, 7) is 0.646. The van der Waals surface area contributed by atoms with Gasteiger partial charge in [-0.1, -0.05) is 28.1 Å². The van der Waals surface area contributed by atoms with Gasteiger partial charge in [0, 0.05) is 24.1 Å². The standard InChI is InChI=1S/C17H23BrN2O3/c1-20(10-9-12-3-2-4-14(18)11-12)17(23)19-15-7-5-13(6-8-15)16(21)22/h2-4,11,13,15H,5-10H2,1H3,(H,19,23)(H,21,22). The zero-order valence-electron chi connectivity index (χ0n) is 13.3. The highest BCUT2D eigenvalue weighted by atomic mass is 79.9. The Bertz CT molecular complexity index is 557. The summed E-state index contributed by atoms with van der Waals surface area (Å²) in [5.74, 6) is -0.974. The van der Waals surface area contributed by atoms with Gasteiger partial charge in [-0.25, -0.2) is 4.79 Å². The number of urea groups is 1. The molecule has 0 spiro atoms. The fraction of sp³-hybridized carbons (Fsp3) is 0.529. The van der Waals surface area contributed by atoms with Gasteiger partial charge >= 0.3 is 12.0 Å². The van der Waals surface area contributed by atoms with Crippen molar-refractivity contribution in [3.05, 3.63) is 34.3 Å². The molecule has 0 aromatic heterocycles. The zero-order valence-corrected chi connectivity index (χ0v) is 14.9. The molecule has 0 atom stereocenters. The van der Waals surface area contributed by atoms with Gasteiger partial charge in [-0.15, -0.1) is 0 Å². The highest BCUT2D eigenvalue weighted by molar-refractivity contribution is 9.10. The van der Waals surface area contributed by atoms with Crippen LogP contribution in [0, 0.1) is 5.92 Å². The molecular formula is C17H23BrN2O3. The van der Waals surface area contributed by atoms with Crippen LogP contribution in [0.5, 0.6) is 0 Å². The summed E-state index contributed by atoms with van der Waals surface area (Å²) in [6, 6.07) is 8.07. The predicted molar refractivity (Wildman–Crippen MR) is 92.4 cm³/mol. The summed E-state index contributed by atoms with van der Waals surface area (Å²) in [7, 11) is 1.79. The highest BCUT2D eigenvalue weighted by Gasteiger charge is 2.27. The summed E-state index contributed by atoms with van der Waals surface area (Å²) >= 11 is 3.44. The van der Waals surface area contributed by atoms with Gasteiger partial charge in [-0.05, 0) is 49.8 Å². The summed E-state index contributed by atoms with van der Waals surface area (Å²) in [4.78, 5) is 24.8. The molecule has 0 saturated heterocycles. The number of likely N-dealkylation sites (N-methyl/N-ethyl adjacent to an activating group) is 1. The van der Waals surface area contributed by atoms with Gasteiger partial charge in [-0.2, -0.15) is 0 Å². The van der Waals surface area contributed by atoms with Crippen LogP contribution >= 0.6 is 15.9 Å². The molecule has 0 aliphatic heterocycles. The Labute approximate surface area is 145 Å². The van der Waals surface area contributed by atoms with E-state index in [1.807, 2.05) is 18.2 Å². The molecule has 0 heterocycles. The molecule has 5 nitrogen and oxygen atoms in total. The average molecular weight is 383 g/mol. The molecule has 1 aliphatic carbocycles. The fourth-order valence-corrected chi connectivity index (χ4v) is 3.31. The zero-order chi connectivity index (χ0) is 16.8. The third kappa shape index (κ3) is 5.53. The van der Waals surface area contributed by atoms with Gasteiger partial charge in [0.25, 0.3) is 0 Å². The predicted octanol–water partition coefficient (Wildman–Crippen LogP) is 3.28. The van der Waals surface area contributed by atoms with E-state index < -0.39 is 5.97 Å². The number of carbonyl (C=O) groups is 2. The lowest BCUT2D eigenvalue weighted by Crippen LogP contribution is -2.45. The second-order valence-electron chi connectivity index (χ2n) is 6.14. The van der Waals surface area contributed by atoms with E-state index in [0.717, 1.165) is 23.7 Å². The molecule has 126 valence electrons. The number of rotatable bonds is 5. The highest BCUT2D eigenvalue weighted by Crippen LogP contribution is 2.24. The van der Waals surface area contributed by atoms with Gasteiger partial charge in [0.1, 0.15) is 0 Å². The fourth-order valence-electron chi connectivity index (χ4n) is 2.86. The van der Waals surface area contributed by atoms with E-state index in [1.165, 1.54) is 5.56 Å². The minimum Gasteiger partial charge on any atom is -0.481 e. The number of carbonyl (C=O) groups excluding carboxylic acids is 1. The minimum atomic E-state index is -0.721. The molecule has 23 heavy (non-hydrogen) atoms. The molecule has 1 fully saturated rings. The van der Waals surface area contributed by atoms with Crippen LogP contribution in [0.25, 0.3) is 0 Å². The quantitative estimate of drug-likeness (QED) is 0.820. The monoisotopic (exact) mass is 382 g/mol.